The fraction of sp³-hybridized carbons (Fsp3) is 0.844. The zero-order valence-corrected chi connectivity index (χ0v) is 25.1. The maximum Gasteiger partial charge on any atom is 0.309 e. The fourth-order valence-electron chi connectivity index (χ4n) is 5.37. The van der Waals surface area contributed by atoms with Crippen molar-refractivity contribution in [1.29, 1.82) is 0 Å². The van der Waals surface area contributed by atoms with Crippen molar-refractivity contribution in [1.82, 2.24) is 0 Å². The molecule has 228 valence electrons. The van der Waals surface area contributed by atoms with Gasteiger partial charge < -0.3 is 19.8 Å². The SMILES string of the molecule is C/C=C/CCCCCCCCCCCCCCCCCCCC[N+](CCC(=O)O)(CCC(=O)O)CCC(=O)O. The lowest BCUT2D eigenvalue weighted by atomic mass is 10.0. The summed E-state index contributed by atoms with van der Waals surface area (Å²) in [6, 6.07) is 0. The first-order valence-electron chi connectivity index (χ1n) is 15.9. The Morgan fingerprint density at radius 2 is 0.744 bits per heavy atom. The van der Waals surface area contributed by atoms with Gasteiger partial charge in [-0.1, -0.05) is 108 Å². The van der Waals surface area contributed by atoms with Crippen molar-refractivity contribution in [3.05, 3.63) is 12.2 Å². The molecule has 0 aliphatic heterocycles. The molecule has 0 aromatic rings. The summed E-state index contributed by atoms with van der Waals surface area (Å²) in [4.78, 5) is 33.4. The lowest BCUT2D eigenvalue weighted by Crippen LogP contribution is -2.52. The van der Waals surface area contributed by atoms with Crippen LogP contribution in [0.2, 0.25) is 0 Å². The Morgan fingerprint density at radius 3 is 1.03 bits per heavy atom. The normalized spacial score (nSPS) is 11.8. The number of rotatable bonds is 30. The zero-order valence-electron chi connectivity index (χ0n) is 25.1. The average Bonchev–Trinajstić information content (AvgIpc) is 2.90. The summed E-state index contributed by atoms with van der Waals surface area (Å²) in [5.74, 6) is -2.79. The maximum absolute atomic E-state index is 11.1. The summed E-state index contributed by atoms with van der Waals surface area (Å²) in [5.41, 5.74) is 0. The van der Waals surface area contributed by atoms with E-state index in [0.29, 0.717) is 6.54 Å². The minimum atomic E-state index is -0.930. The topological polar surface area (TPSA) is 112 Å². The van der Waals surface area contributed by atoms with Gasteiger partial charge in [-0.25, -0.2) is 0 Å². The number of carboxylic acids is 3. The number of carbonyl (C=O) groups is 3. The van der Waals surface area contributed by atoms with Crippen molar-refractivity contribution in [3.8, 4) is 0 Å². The molecule has 0 saturated carbocycles. The lowest BCUT2D eigenvalue weighted by molar-refractivity contribution is -0.927. The molecule has 3 N–H and O–H groups in total. The van der Waals surface area contributed by atoms with Crippen molar-refractivity contribution in [2.75, 3.05) is 26.2 Å². The van der Waals surface area contributed by atoms with Crippen molar-refractivity contribution in [3.63, 3.8) is 0 Å². The van der Waals surface area contributed by atoms with Crippen LogP contribution < -0.4 is 0 Å². The van der Waals surface area contributed by atoms with Crippen molar-refractivity contribution in [2.24, 2.45) is 0 Å². The van der Waals surface area contributed by atoms with E-state index >= 15 is 0 Å². The van der Waals surface area contributed by atoms with Crippen LogP contribution in [0.4, 0.5) is 0 Å². The van der Waals surface area contributed by atoms with E-state index in [1.165, 1.54) is 103 Å². The minimum Gasteiger partial charge on any atom is -0.481 e. The molecule has 0 spiro atoms. The maximum atomic E-state index is 11.1. The first kappa shape index (κ1) is 37.1. The Hall–Kier alpha value is -1.89. The monoisotopic (exact) mass is 554 g/mol. The van der Waals surface area contributed by atoms with Crippen molar-refractivity contribution >= 4 is 17.9 Å². The van der Waals surface area contributed by atoms with Gasteiger partial charge in [-0.3, -0.25) is 14.4 Å². The van der Waals surface area contributed by atoms with Gasteiger partial charge in [-0.2, -0.15) is 0 Å². The molecule has 0 rings (SSSR count). The molecular weight excluding hydrogens is 494 g/mol. The highest BCUT2D eigenvalue weighted by atomic mass is 16.4. The van der Waals surface area contributed by atoms with E-state index in [2.05, 4.69) is 19.1 Å². The van der Waals surface area contributed by atoms with Gasteiger partial charge in [0.15, 0.2) is 0 Å². The van der Waals surface area contributed by atoms with Crippen LogP contribution in [0.25, 0.3) is 0 Å². The third kappa shape index (κ3) is 26.1. The number of quaternary nitrogens is 1. The molecule has 0 aromatic heterocycles. The predicted octanol–water partition coefficient (Wildman–Crippen LogP) is 8.22. The molecule has 0 amide bonds. The molecule has 0 aliphatic rings. The number of hydrogen-bond acceptors (Lipinski definition) is 3. The van der Waals surface area contributed by atoms with Gasteiger partial charge in [0, 0.05) is 0 Å². The molecule has 7 nitrogen and oxygen atoms in total. The van der Waals surface area contributed by atoms with Crippen LogP contribution in [0.15, 0.2) is 12.2 Å². The standard InChI is InChI=1S/C32H59NO6/c1-2-3-4-5-6-7-8-9-10-11-12-13-14-15-16-17-18-19-20-21-22-26-33(27-23-30(34)35,28-24-31(36)37)29-25-32(38)39/h2-3H,4-29H2,1H3,(H2-,34,35,36,37,38,39)/p+1/b3-2+. The summed E-state index contributed by atoms with van der Waals surface area (Å²) in [6.45, 7) is 3.59. The van der Waals surface area contributed by atoms with Gasteiger partial charge in [0.05, 0.1) is 45.4 Å². The Kier molecular flexibility index (Phi) is 25.1. The molecule has 0 radical (unpaired) electrons. The Labute approximate surface area is 238 Å². The van der Waals surface area contributed by atoms with E-state index in [1.54, 1.807) is 0 Å². The smallest absolute Gasteiger partial charge is 0.309 e. The number of allylic oxidation sites excluding steroid dienone is 2. The van der Waals surface area contributed by atoms with Crippen molar-refractivity contribution < 1.29 is 34.2 Å². The predicted molar refractivity (Wildman–Crippen MR) is 159 cm³/mol. The van der Waals surface area contributed by atoms with Gasteiger partial charge in [0.2, 0.25) is 0 Å². The van der Waals surface area contributed by atoms with Gasteiger partial charge >= 0.3 is 17.9 Å². The van der Waals surface area contributed by atoms with E-state index < -0.39 is 17.9 Å². The number of unbranched alkanes of at least 4 members (excludes halogenated alkanes) is 18. The summed E-state index contributed by atoms with van der Waals surface area (Å²) >= 11 is 0. The highest BCUT2D eigenvalue weighted by Gasteiger charge is 2.29. The second-order valence-corrected chi connectivity index (χ2v) is 11.4. The quantitative estimate of drug-likeness (QED) is 0.0468. The van der Waals surface area contributed by atoms with E-state index in [0.717, 1.165) is 19.3 Å². The molecule has 7 heteroatoms. The van der Waals surface area contributed by atoms with Crippen LogP contribution in [0, 0.1) is 0 Å². The third-order valence-corrected chi connectivity index (χ3v) is 7.89. The van der Waals surface area contributed by atoms with E-state index in [-0.39, 0.29) is 43.4 Å². The van der Waals surface area contributed by atoms with Crippen LogP contribution in [-0.4, -0.2) is 63.9 Å². The summed E-state index contributed by atoms with van der Waals surface area (Å²) in [7, 11) is 0. The Bertz CT molecular complexity index is 603. The van der Waals surface area contributed by atoms with Crippen LogP contribution >= 0.6 is 0 Å². The second-order valence-electron chi connectivity index (χ2n) is 11.4. The zero-order chi connectivity index (χ0) is 29.0. The number of hydrogen-bond donors (Lipinski definition) is 3. The molecule has 0 heterocycles. The Morgan fingerprint density at radius 1 is 0.462 bits per heavy atom. The van der Waals surface area contributed by atoms with Crippen molar-refractivity contribution in [2.45, 2.75) is 148 Å². The molecule has 0 aromatic carbocycles. The molecule has 0 bridgehead atoms. The largest absolute Gasteiger partial charge is 0.481 e. The van der Waals surface area contributed by atoms with Gasteiger partial charge in [-0.05, 0) is 32.6 Å². The first-order chi connectivity index (χ1) is 18.8. The minimum absolute atomic E-state index is 0.0726. The van der Waals surface area contributed by atoms with E-state index in [4.69, 9.17) is 15.3 Å². The van der Waals surface area contributed by atoms with Gasteiger partial charge in [0.1, 0.15) is 0 Å². The van der Waals surface area contributed by atoms with Gasteiger partial charge in [-0.15, -0.1) is 0 Å². The molecular formula is C32H60NO6+. The first-order valence-corrected chi connectivity index (χ1v) is 15.9. The molecule has 0 unspecified atom stereocenters. The van der Waals surface area contributed by atoms with Crippen LogP contribution in [0.1, 0.15) is 148 Å². The lowest BCUT2D eigenvalue weighted by Gasteiger charge is -2.38. The number of carboxylic acid groups (broad SMARTS) is 3. The Balaban J connectivity index is 3.82. The highest BCUT2D eigenvalue weighted by Crippen LogP contribution is 2.18. The summed E-state index contributed by atoms with van der Waals surface area (Å²) in [6.07, 6.45) is 28.6. The van der Waals surface area contributed by atoms with Crippen LogP contribution in [-0.2, 0) is 14.4 Å². The van der Waals surface area contributed by atoms with Crippen LogP contribution in [0.3, 0.4) is 0 Å². The van der Waals surface area contributed by atoms with E-state index in [9.17, 15) is 14.4 Å². The molecule has 39 heavy (non-hydrogen) atoms. The third-order valence-electron chi connectivity index (χ3n) is 7.89. The number of aliphatic carboxylic acids is 3. The molecule has 0 atom stereocenters. The van der Waals surface area contributed by atoms with E-state index in [1.807, 2.05) is 0 Å². The number of nitrogens with zero attached hydrogens (tertiary/aromatic N) is 1. The summed E-state index contributed by atoms with van der Waals surface area (Å²) in [5, 5.41) is 27.4. The molecule has 0 aliphatic carbocycles. The fourth-order valence-corrected chi connectivity index (χ4v) is 5.37. The van der Waals surface area contributed by atoms with Gasteiger partial charge in [0.25, 0.3) is 0 Å². The highest BCUT2D eigenvalue weighted by molar-refractivity contribution is 5.67. The molecule has 0 saturated heterocycles. The van der Waals surface area contributed by atoms with Crippen LogP contribution in [0.5, 0.6) is 0 Å². The second kappa shape index (κ2) is 26.3. The average molecular weight is 555 g/mol. The summed E-state index contributed by atoms with van der Waals surface area (Å²) < 4.78 is 0.266. The molecule has 0 fully saturated rings.